The van der Waals surface area contributed by atoms with E-state index in [0.717, 1.165) is 18.8 Å². The van der Waals surface area contributed by atoms with Gasteiger partial charge in [-0.3, -0.25) is 0 Å². The van der Waals surface area contributed by atoms with Gasteiger partial charge >= 0.3 is 0 Å². The predicted molar refractivity (Wildman–Crippen MR) is 65.8 cm³/mol. The van der Waals surface area contributed by atoms with E-state index in [0.29, 0.717) is 24.2 Å². The Bertz CT molecular complexity index is 381. The van der Waals surface area contributed by atoms with Crippen molar-refractivity contribution in [3.8, 4) is 5.88 Å². The molecule has 5 nitrogen and oxygen atoms in total. The van der Waals surface area contributed by atoms with Crippen LogP contribution in [0.15, 0.2) is 6.07 Å². The lowest BCUT2D eigenvalue weighted by Gasteiger charge is -2.29. The quantitative estimate of drug-likeness (QED) is 0.826. The number of hydrogen-bond acceptors (Lipinski definition) is 5. The monoisotopic (exact) mass is 257 g/mol. The Balaban J connectivity index is 2.25. The van der Waals surface area contributed by atoms with Gasteiger partial charge in [0, 0.05) is 19.2 Å². The molecule has 94 valence electrons. The maximum absolute atomic E-state index is 5.89. The van der Waals surface area contributed by atoms with Crippen molar-refractivity contribution in [3.63, 3.8) is 0 Å². The molecule has 1 aromatic heterocycles. The Morgan fingerprint density at radius 2 is 2.06 bits per heavy atom. The van der Waals surface area contributed by atoms with Crippen molar-refractivity contribution in [3.05, 3.63) is 11.2 Å². The van der Waals surface area contributed by atoms with Crippen LogP contribution in [0.1, 0.15) is 13.8 Å². The molecule has 0 radical (unpaired) electrons. The highest BCUT2D eigenvalue weighted by atomic mass is 35.5. The summed E-state index contributed by atoms with van der Waals surface area (Å²) in [6.45, 7) is 6.97. The van der Waals surface area contributed by atoms with E-state index in [4.69, 9.17) is 21.1 Å². The van der Waals surface area contributed by atoms with Gasteiger partial charge in [0.05, 0.1) is 19.3 Å². The molecule has 0 aromatic carbocycles. The molecule has 1 fully saturated rings. The fourth-order valence-corrected chi connectivity index (χ4v) is 1.83. The van der Waals surface area contributed by atoms with E-state index >= 15 is 0 Å². The second kappa shape index (κ2) is 5.51. The minimum Gasteiger partial charge on any atom is -0.472 e. The molecule has 0 N–H and O–H groups in total. The van der Waals surface area contributed by atoms with Crippen LogP contribution in [0.2, 0.25) is 5.15 Å². The zero-order valence-corrected chi connectivity index (χ0v) is 10.8. The van der Waals surface area contributed by atoms with E-state index in [2.05, 4.69) is 15.1 Å². The first-order chi connectivity index (χ1) is 8.16. The molecule has 0 saturated carbocycles. The fourth-order valence-electron chi connectivity index (χ4n) is 1.69. The van der Waals surface area contributed by atoms with E-state index in [1.807, 2.05) is 13.8 Å². The van der Waals surface area contributed by atoms with Gasteiger partial charge in [-0.05, 0) is 13.8 Å². The second-order valence-electron chi connectivity index (χ2n) is 4.12. The lowest BCUT2D eigenvalue weighted by molar-refractivity contribution is 0.122. The minimum atomic E-state index is 0.0604. The Hall–Kier alpha value is -1.07. The lowest BCUT2D eigenvalue weighted by Crippen LogP contribution is -2.36. The van der Waals surface area contributed by atoms with Crippen molar-refractivity contribution in [1.82, 2.24) is 10.2 Å². The second-order valence-corrected chi connectivity index (χ2v) is 4.51. The van der Waals surface area contributed by atoms with E-state index in [-0.39, 0.29) is 6.10 Å². The number of aromatic nitrogens is 2. The normalized spacial score (nSPS) is 16.4. The predicted octanol–water partition coefficient (Wildman–Crippen LogP) is 1.75. The lowest BCUT2D eigenvalue weighted by atomic mass is 10.3. The SMILES string of the molecule is CC(C)Oc1nnc(Cl)cc1N1CCOCC1. The molecule has 1 aliphatic rings. The summed E-state index contributed by atoms with van der Waals surface area (Å²) < 4.78 is 11.0. The van der Waals surface area contributed by atoms with Crippen LogP contribution in [-0.4, -0.2) is 42.6 Å². The molecule has 0 spiro atoms. The highest BCUT2D eigenvalue weighted by Gasteiger charge is 2.18. The van der Waals surface area contributed by atoms with Crippen LogP contribution in [0.4, 0.5) is 5.69 Å². The number of halogens is 1. The van der Waals surface area contributed by atoms with Crippen LogP contribution >= 0.6 is 11.6 Å². The molecule has 0 bridgehead atoms. The van der Waals surface area contributed by atoms with E-state index < -0.39 is 0 Å². The van der Waals surface area contributed by atoms with Crippen LogP contribution in [0.5, 0.6) is 5.88 Å². The van der Waals surface area contributed by atoms with Crippen LogP contribution in [0.3, 0.4) is 0 Å². The molecule has 2 heterocycles. The van der Waals surface area contributed by atoms with Crippen molar-refractivity contribution in [1.29, 1.82) is 0 Å². The Kier molecular flexibility index (Phi) is 4.02. The van der Waals surface area contributed by atoms with Gasteiger partial charge in [0.15, 0.2) is 5.15 Å². The molecule has 0 amide bonds. The molecule has 0 aliphatic carbocycles. The number of ether oxygens (including phenoxy) is 2. The molecule has 0 unspecified atom stereocenters. The van der Waals surface area contributed by atoms with Gasteiger partial charge < -0.3 is 14.4 Å². The van der Waals surface area contributed by atoms with E-state index in [1.165, 1.54) is 0 Å². The number of nitrogens with zero attached hydrogens (tertiary/aromatic N) is 3. The number of hydrogen-bond donors (Lipinski definition) is 0. The first kappa shape index (κ1) is 12.4. The van der Waals surface area contributed by atoms with E-state index in [1.54, 1.807) is 6.07 Å². The average Bonchev–Trinajstić information content (AvgIpc) is 2.32. The van der Waals surface area contributed by atoms with Gasteiger partial charge in [-0.2, -0.15) is 0 Å². The topological polar surface area (TPSA) is 47.5 Å². The molecule has 1 aliphatic heterocycles. The molecule has 0 atom stereocenters. The maximum atomic E-state index is 5.89. The molecule has 2 rings (SSSR count). The summed E-state index contributed by atoms with van der Waals surface area (Å²) >= 11 is 5.89. The molecule has 17 heavy (non-hydrogen) atoms. The summed E-state index contributed by atoms with van der Waals surface area (Å²) in [5.41, 5.74) is 0.891. The Labute approximate surface area is 106 Å². The molecular weight excluding hydrogens is 242 g/mol. The summed E-state index contributed by atoms with van der Waals surface area (Å²) in [4.78, 5) is 2.15. The summed E-state index contributed by atoms with van der Waals surface area (Å²) in [7, 11) is 0. The van der Waals surface area contributed by atoms with Gasteiger partial charge in [-0.15, -0.1) is 10.2 Å². The van der Waals surface area contributed by atoms with Crippen molar-refractivity contribution < 1.29 is 9.47 Å². The Morgan fingerprint density at radius 3 is 2.71 bits per heavy atom. The van der Waals surface area contributed by atoms with Crippen molar-refractivity contribution in [2.75, 3.05) is 31.2 Å². The van der Waals surface area contributed by atoms with Crippen molar-refractivity contribution >= 4 is 17.3 Å². The van der Waals surface area contributed by atoms with Crippen LogP contribution < -0.4 is 9.64 Å². The van der Waals surface area contributed by atoms with Crippen LogP contribution in [0, 0.1) is 0 Å². The molecule has 6 heteroatoms. The summed E-state index contributed by atoms with van der Waals surface area (Å²) in [5.74, 6) is 0.534. The van der Waals surface area contributed by atoms with Gasteiger partial charge in [0.25, 0.3) is 5.88 Å². The largest absolute Gasteiger partial charge is 0.472 e. The van der Waals surface area contributed by atoms with Crippen molar-refractivity contribution in [2.45, 2.75) is 20.0 Å². The van der Waals surface area contributed by atoms with Crippen LogP contribution in [0.25, 0.3) is 0 Å². The first-order valence-corrected chi connectivity index (χ1v) is 6.07. The van der Waals surface area contributed by atoms with Gasteiger partial charge in [0.1, 0.15) is 5.69 Å². The van der Waals surface area contributed by atoms with Crippen molar-refractivity contribution in [2.24, 2.45) is 0 Å². The summed E-state index contributed by atoms with van der Waals surface area (Å²) in [6.07, 6.45) is 0.0604. The maximum Gasteiger partial charge on any atom is 0.257 e. The Morgan fingerprint density at radius 1 is 1.35 bits per heavy atom. The third kappa shape index (κ3) is 3.20. The highest BCUT2D eigenvalue weighted by Crippen LogP contribution is 2.28. The van der Waals surface area contributed by atoms with Gasteiger partial charge in [0.2, 0.25) is 0 Å². The fraction of sp³-hybridized carbons (Fsp3) is 0.636. The number of anilines is 1. The van der Waals surface area contributed by atoms with E-state index in [9.17, 15) is 0 Å². The minimum absolute atomic E-state index is 0.0604. The van der Waals surface area contributed by atoms with Gasteiger partial charge in [-0.1, -0.05) is 11.6 Å². The number of morpholine rings is 1. The standard InChI is InChI=1S/C11H16ClN3O2/c1-8(2)17-11-9(7-10(12)13-14-11)15-3-5-16-6-4-15/h7-8H,3-6H2,1-2H3. The highest BCUT2D eigenvalue weighted by molar-refractivity contribution is 6.29. The summed E-state index contributed by atoms with van der Waals surface area (Å²) in [6, 6.07) is 1.79. The van der Waals surface area contributed by atoms with Crippen LogP contribution in [-0.2, 0) is 4.74 Å². The third-order valence-electron chi connectivity index (χ3n) is 2.41. The molecule has 1 saturated heterocycles. The number of rotatable bonds is 3. The first-order valence-electron chi connectivity index (χ1n) is 5.69. The molecule has 1 aromatic rings. The smallest absolute Gasteiger partial charge is 0.257 e. The zero-order valence-electron chi connectivity index (χ0n) is 10.0. The third-order valence-corrected chi connectivity index (χ3v) is 2.60. The zero-order chi connectivity index (χ0) is 12.3. The molecular formula is C11H16ClN3O2. The summed E-state index contributed by atoms with van der Waals surface area (Å²) in [5, 5.41) is 8.20. The average molecular weight is 258 g/mol. The van der Waals surface area contributed by atoms with Gasteiger partial charge in [-0.25, -0.2) is 0 Å².